The Morgan fingerprint density at radius 2 is 2.25 bits per heavy atom. The van der Waals surface area contributed by atoms with Gasteiger partial charge in [-0.3, -0.25) is 14.4 Å². The van der Waals surface area contributed by atoms with Crippen LogP contribution >= 0.6 is 0 Å². The van der Waals surface area contributed by atoms with Gasteiger partial charge in [0, 0.05) is 24.2 Å². The highest BCUT2D eigenvalue weighted by molar-refractivity contribution is 6.03. The molecule has 0 atom stereocenters. The van der Waals surface area contributed by atoms with E-state index in [9.17, 15) is 14.0 Å². The van der Waals surface area contributed by atoms with E-state index in [1.165, 1.54) is 23.1 Å². The van der Waals surface area contributed by atoms with Gasteiger partial charge in [-0.05, 0) is 24.6 Å². The summed E-state index contributed by atoms with van der Waals surface area (Å²) in [6.45, 7) is 4.96. The van der Waals surface area contributed by atoms with E-state index in [0.717, 1.165) is 6.42 Å². The molecule has 2 N–H and O–H groups in total. The van der Waals surface area contributed by atoms with Gasteiger partial charge >= 0.3 is 6.03 Å². The smallest absolute Gasteiger partial charge is 0.321 e. The molecule has 28 heavy (non-hydrogen) atoms. The molecule has 10 heteroatoms. The lowest BCUT2D eigenvalue weighted by molar-refractivity contribution is -0.111. The first-order valence-corrected chi connectivity index (χ1v) is 9.08. The summed E-state index contributed by atoms with van der Waals surface area (Å²) < 4.78 is 21.1. The predicted octanol–water partition coefficient (Wildman–Crippen LogP) is 1.63. The van der Waals surface area contributed by atoms with Crippen LogP contribution in [-0.4, -0.2) is 53.2 Å². The molecule has 3 heterocycles. The third-order valence-corrected chi connectivity index (χ3v) is 4.79. The summed E-state index contributed by atoms with van der Waals surface area (Å²) in [5, 5.41) is 13.3. The molecule has 1 aromatic carbocycles. The van der Waals surface area contributed by atoms with Crippen LogP contribution in [0.5, 0.6) is 0 Å². The lowest BCUT2D eigenvalue weighted by Gasteiger charge is -2.37. The van der Waals surface area contributed by atoms with Crippen molar-refractivity contribution < 1.29 is 18.7 Å². The quantitative estimate of drug-likeness (QED) is 0.811. The molecule has 4 rings (SSSR count). The van der Waals surface area contributed by atoms with Gasteiger partial charge < -0.3 is 15.4 Å². The summed E-state index contributed by atoms with van der Waals surface area (Å²) in [5.74, 6) is -0.987. The van der Waals surface area contributed by atoms with E-state index in [0.29, 0.717) is 38.5 Å². The molecule has 2 saturated heterocycles. The van der Waals surface area contributed by atoms with E-state index in [-0.39, 0.29) is 22.8 Å². The topological polar surface area (TPSA) is 101 Å². The molecular formula is C18H21FN6O3. The molecule has 0 radical (unpaired) electrons. The van der Waals surface area contributed by atoms with Crippen LogP contribution in [0.2, 0.25) is 0 Å². The Morgan fingerprint density at radius 1 is 1.43 bits per heavy atom. The van der Waals surface area contributed by atoms with Crippen molar-refractivity contribution in [2.45, 2.75) is 19.9 Å². The summed E-state index contributed by atoms with van der Waals surface area (Å²) in [7, 11) is 0. The molecule has 0 unspecified atom stereocenters. The molecule has 148 valence electrons. The van der Waals surface area contributed by atoms with E-state index in [2.05, 4.69) is 27.9 Å². The van der Waals surface area contributed by atoms with Crippen LogP contribution in [0.15, 0.2) is 24.4 Å². The van der Waals surface area contributed by atoms with Crippen molar-refractivity contribution in [1.29, 1.82) is 0 Å². The zero-order valence-electron chi connectivity index (χ0n) is 15.4. The highest BCUT2D eigenvalue weighted by atomic mass is 19.1. The molecule has 3 amide bonds. The maximum absolute atomic E-state index is 14.2. The SMILES string of the molecule is CC1(Cn2cc(C(=O)Nc3ccc(F)c(N4CCCNC4=O)c3)nn2)COC1. The molecule has 1 aromatic heterocycles. The van der Waals surface area contributed by atoms with Crippen LogP contribution in [0.25, 0.3) is 0 Å². The predicted molar refractivity (Wildman–Crippen MR) is 98.7 cm³/mol. The Kier molecular flexibility index (Phi) is 4.71. The Balaban J connectivity index is 1.46. The Hall–Kier alpha value is -3.01. The second-order valence-electron chi connectivity index (χ2n) is 7.46. The number of amides is 3. The summed E-state index contributed by atoms with van der Waals surface area (Å²) in [6, 6.07) is 3.75. The van der Waals surface area contributed by atoms with E-state index >= 15 is 0 Å². The Morgan fingerprint density at radius 3 is 2.96 bits per heavy atom. The van der Waals surface area contributed by atoms with Crippen LogP contribution in [0.4, 0.5) is 20.6 Å². The maximum Gasteiger partial charge on any atom is 0.321 e. The third-order valence-electron chi connectivity index (χ3n) is 4.79. The number of nitrogens with zero attached hydrogens (tertiary/aromatic N) is 4. The molecule has 2 aromatic rings. The van der Waals surface area contributed by atoms with Crippen LogP contribution < -0.4 is 15.5 Å². The van der Waals surface area contributed by atoms with Gasteiger partial charge in [0.2, 0.25) is 0 Å². The minimum Gasteiger partial charge on any atom is -0.380 e. The van der Waals surface area contributed by atoms with E-state index in [1.54, 1.807) is 10.9 Å². The van der Waals surface area contributed by atoms with Gasteiger partial charge in [-0.15, -0.1) is 5.10 Å². The summed E-state index contributed by atoms with van der Waals surface area (Å²) in [5.41, 5.74) is 0.651. The number of nitrogens with one attached hydrogen (secondary N) is 2. The van der Waals surface area contributed by atoms with Gasteiger partial charge in [0.25, 0.3) is 5.91 Å². The maximum atomic E-state index is 14.2. The fourth-order valence-corrected chi connectivity index (χ4v) is 3.26. The van der Waals surface area contributed by atoms with Crippen LogP contribution in [0.3, 0.4) is 0 Å². The zero-order valence-corrected chi connectivity index (χ0v) is 15.4. The largest absolute Gasteiger partial charge is 0.380 e. The number of anilines is 2. The van der Waals surface area contributed by atoms with Gasteiger partial charge in [-0.1, -0.05) is 12.1 Å². The number of hydrogen-bond acceptors (Lipinski definition) is 5. The number of carbonyl (C=O) groups excluding carboxylic acids is 2. The second kappa shape index (κ2) is 7.19. The number of aromatic nitrogens is 3. The van der Waals surface area contributed by atoms with Crippen LogP contribution in [-0.2, 0) is 11.3 Å². The van der Waals surface area contributed by atoms with Crippen molar-refractivity contribution in [2.75, 3.05) is 36.5 Å². The molecule has 0 spiro atoms. The van der Waals surface area contributed by atoms with Gasteiger partial charge in [0.15, 0.2) is 5.69 Å². The van der Waals surface area contributed by atoms with Crippen LogP contribution in [0, 0.1) is 11.2 Å². The van der Waals surface area contributed by atoms with Gasteiger partial charge in [-0.2, -0.15) is 0 Å². The van der Waals surface area contributed by atoms with E-state index in [4.69, 9.17) is 4.74 Å². The normalized spacial score (nSPS) is 18.4. The van der Waals surface area contributed by atoms with Crippen molar-refractivity contribution >= 4 is 23.3 Å². The molecule has 0 aliphatic carbocycles. The third kappa shape index (κ3) is 3.68. The zero-order chi connectivity index (χ0) is 19.7. The molecule has 2 aliphatic rings. The van der Waals surface area contributed by atoms with E-state index in [1.807, 2.05) is 0 Å². The van der Waals surface area contributed by atoms with E-state index < -0.39 is 11.7 Å². The van der Waals surface area contributed by atoms with Crippen molar-refractivity contribution in [1.82, 2.24) is 20.3 Å². The second-order valence-corrected chi connectivity index (χ2v) is 7.46. The standard InChI is InChI=1S/C18H21FN6O3/c1-18(10-28-11-18)9-24-8-14(22-23-24)16(26)21-12-3-4-13(19)15(7-12)25-6-2-5-20-17(25)27/h3-4,7-8H,2,5-6,9-11H2,1H3,(H,20,27)(H,21,26). The fraction of sp³-hybridized carbons (Fsp3) is 0.444. The van der Waals surface area contributed by atoms with Crippen molar-refractivity contribution in [3.8, 4) is 0 Å². The summed E-state index contributed by atoms with van der Waals surface area (Å²) >= 11 is 0. The first kappa shape index (κ1) is 18.4. The molecule has 0 saturated carbocycles. The molecule has 9 nitrogen and oxygen atoms in total. The molecule has 2 fully saturated rings. The highest BCUT2D eigenvalue weighted by Gasteiger charge is 2.34. The summed E-state index contributed by atoms with van der Waals surface area (Å²) in [6.07, 6.45) is 2.29. The average Bonchev–Trinajstić information content (AvgIpc) is 3.11. The Bertz CT molecular complexity index is 910. The van der Waals surface area contributed by atoms with Crippen LogP contribution in [0.1, 0.15) is 23.8 Å². The lowest BCUT2D eigenvalue weighted by Crippen LogP contribution is -2.46. The number of hydrogen-bond donors (Lipinski definition) is 2. The number of rotatable bonds is 5. The van der Waals surface area contributed by atoms with Crippen molar-refractivity contribution in [3.05, 3.63) is 35.9 Å². The minimum atomic E-state index is -0.531. The van der Waals surface area contributed by atoms with Gasteiger partial charge in [-0.25, -0.2) is 9.18 Å². The van der Waals surface area contributed by atoms with Crippen molar-refractivity contribution in [2.24, 2.45) is 5.41 Å². The first-order valence-electron chi connectivity index (χ1n) is 9.08. The molecular weight excluding hydrogens is 367 g/mol. The lowest BCUT2D eigenvalue weighted by atomic mass is 9.89. The molecule has 0 bridgehead atoms. The van der Waals surface area contributed by atoms with Gasteiger partial charge in [0.05, 0.1) is 31.6 Å². The first-order chi connectivity index (χ1) is 13.4. The molecule has 2 aliphatic heterocycles. The fourth-order valence-electron chi connectivity index (χ4n) is 3.26. The minimum absolute atomic E-state index is 0.00230. The summed E-state index contributed by atoms with van der Waals surface area (Å²) in [4.78, 5) is 25.8. The van der Waals surface area contributed by atoms with Gasteiger partial charge in [0.1, 0.15) is 5.82 Å². The monoisotopic (exact) mass is 388 g/mol. The number of ether oxygens (including phenoxy) is 1. The highest BCUT2D eigenvalue weighted by Crippen LogP contribution is 2.28. The Labute approximate surface area is 160 Å². The number of urea groups is 1. The number of carbonyl (C=O) groups is 2. The number of halogens is 1. The number of benzene rings is 1. The average molecular weight is 388 g/mol. The van der Waals surface area contributed by atoms with Crippen molar-refractivity contribution in [3.63, 3.8) is 0 Å².